The molecular formula is C11H13N3O2S. The summed E-state index contributed by atoms with van der Waals surface area (Å²) in [6.07, 6.45) is 0. The van der Waals surface area contributed by atoms with E-state index in [9.17, 15) is 10.1 Å². The SMILES string of the molecule is Cc1cc(C)n(C(C[N+](=O)[O-])c2cccs2)n1. The maximum atomic E-state index is 10.8. The Morgan fingerprint density at radius 2 is 2.35 bits per heavy atom. The van der Waals surface area contributed by atoms with Crippen molar-refractivity contribution in [3.63, 3.8) is 0 Å². The van der Waals surface area contributed by atoms with Gasteiger partial charge in [-0.1, -0.05) is 6.07 Å². The van der Waals surface area contributed by atoms with Crippen LogP contribution in [-0.2, 0) is 0 Å². The van der Waals surface area contributed by atoms with Gasteiger partial charge in [-0.3, -0.25) is 14.8 Å². The Kier molecular flexibility index (Phi) is 3.23. The van der Waals surface area contributed by atoms with Crippen molar-refractivity contribution in [1.29, 1.82) is 0 Å². The molecule has 90 valence electrons. The number of hydrogen-bond acceptors (Lipinski definition) is 4. The minimum atomic E-state index is -0.307. The van der Waals surface area contributed by atoms with Gasteiger partial charge in [-0.2, -0.15) is 5.10 Å². The van der Waals surface area contributed by atoms with Crippen LogP contribution in [0.25, 0.3) is 0 Å². The van der Waals surface area contributed by atoms with Crippen LogP contribution >= 0.6 is 11.3 Å². The molecule has 0 radical (unpaired) electrons. The largest absolute Gasteiger partial charge is 0.264 e. The maximum Gasteiger partial charge on any atom is 0.230 e. The van der Waals surface area contributed by atoms with E-state index in [0.717, 1.165) is 16.3 Å². The molecule has 0 fully saturated rings. The lowest BCUT2D eigenvalue weighted by Gasteiger charge is -2.13. The fourth-order valence-corrected chi connectivity index (χ4v) is 2.67. The van der Waals surface area contributed by atoms with Gasteiger partial charge in [-0.05, 0) is 31.4 Å². The first-order valence-corrected chi connectivity index (χ1v) is 6.14. The first-order valence-electron chi connectivity index (χ1n) is 5.26. The van der Waals surface area contributed by atoms with Gasteiger partial charge in [0.1, 0.15) is 0 Å². The standard InChI is InChI=1S/C11H13N3O2S/c1-8-6-9(2)14(12-8)10(7-13(15)16)11-4-3-5-17-11/h3-6,10H,7H2,1-2H3. The lowest BCUT2D eigenvalue weighted by Crippen LogP contribution is -2.21. The number of hydrogen-bond donors (Lipinski definition) is 0. The molecule has 0 aliphatic carbocycles. The Balaban J connectivity index is 2.40. The van der Waals surface area contributed by atoms with E-state index in [4.69, 9.17) is 0 Å². The minimum Gasteiger partial charge on any atom is -0.264 e. The van der Waals surface area contributed by atoms with Gasteiger partial charge < -0.3 is 0 Å². The van der Waals surface area contributed by atoms with E-state index < -0.39 is 0 Å². The van der Waals surface area contributed by atoms with Crippen LogP contribution in [0.1, 0.15) is 22.3 Å². The van der Waals surface area contributed by atoms with Crippen LogP contribution in [0.3, 0.4) is 0 Å². The molecule has 2 aromatic rings. The van der Waals surface area contributed by atoms with Crippen LogP contribution in [0.15, 0.2) is 23.6 Å². The fourth-order valence-electron chi connectivity index (χ4n) is 1.87. The topological polar surface area (TPSA) is 61.0 Å². The summed E-state index contributed by atoms with van der Waals surface area (Å²) in [5, 5.41) is 17.0. The van der Waals surface area contributed by atoms with Gasteiger partial charge in [0.2, 0.25) is 6.54 Å². The molecule has 5 nitrogen and oxygen atoms in total. The highest BCUT2D eigenvalue weighted by Gasteiger charge is 2.23. The molecule has 0 bridgehead atoms. The molecule has 0 aliphatic rings. The summed E-state index contributed by atoms with van der Waals surface area (Å²) in [5.74, 6) is 0. The molecule has 2 aromatic heterocycles. The zero-order valence-corrected chi connectivity index (χ0v) is 10.5. The molecule has 0 saturated carbocycles. The summed E-state index contributed by atoms with van der Waals surface area (Å²) in [4.78, 5) is 11.4. The summed E-state index contributed by atoms with van der Waals surface area (Å²) in [6.45, 7) is 3.67. The first-order chi connectivity index (χ1) is 8.08. The fraction of sp³-hybridized carbons (Fsp3) is 0.364. The third-order valence-corrected chi connectivity index (χ3v) is 3.51. The molecular weight excluding hydrogens is 238 g/mol. The van der Waals surface area contributed by atoms with E-state index >= 15 is 0 Å². The zero-order chi connectivity index (χ0) is 12.4. The van der Waals surface area contributed by atoms with Gasteiger partial charge in [0.15, 0.2) is 6.04 Å². The van der Waals surface area contributed by atoms with Crippen LogP contribution in [0.5, 0.6) is 0 Å². The zero-order valence-electron chi connectivity index (χ0n) is 9.66. The Labute approximate surface area is 103 Å². The number of thiophene rings is 1. The average molecular weight is 251 g/mol. The van der Waals surface area contributed by atoms with Gasteiger partial charge in [0.05, 0.1) is 5.69 Å². The van der Waals surface area contributed by atoms with E-state index in [0.29, 0.717) is 0 Å². The van der Waals surface area contributed by atoms with Gasteiger partial charge >= 0.3 is 0 Å². The molecule has 0 N–H and O–H groups in total. The molecule has 0 spiro atoms. The lowest BCUT2D eigenvalue weighted by atomic mass is 10.2. The molecule has 6 heteroatoms. The summed E-state index contributed by atoms with van der Waals surface area (Å²) in [7, 11) is 0. The summed E-state index contributed by atoms with van der Waals surface area (Å²) >= 11 is 1.52. The van der Waals surface area contributed by atoms with Crippen LogP contribution in [0.2, 0.25) is 0 Å². The molecule has 2 heterocycles. The van der Waals surface area contributed by atoms with Gasteiger partial charge in [0, 0.05) is 15.5 Å². The molecule has 0 amide bonds. The second-order valence-corrected chi connectivity index (χ2v) is 4.90. The number of aromatic nitrogens is 2. The van der Waals surface area contributed by atoms with Crippen molar-refractivity contribution in [3.05, 3.63) is 50.0 Å². The van der Waals surface area contributed by atoms with Gasteiger partial charge in [-0.25, -0.2) is 0 Å². The predicted octanol–water partition coefficient (Wildman–Crippen LogP) is 2.43. The molecule has 0 aliphatic heterocycles. The van der Waals surface area contributed by atoms with Gasteiger partial charge in [-0.15, -0.1) is 11.3 Å². The smallest absolute Gasteiger partial charge is 0.230 e. The summed E-state index contributed by atoms with van der Waals surface area (Å²) < 4.78 is 1.74. The van der Waals surface area contributed by atoms with E-state index in [1.165, 1.54) is 11.3 Å². The van der Waals surface area contributed by atoms with Crippen molar-refractivity contribution in [2.75, 3.05) is 6.54 Å². The second kappa shape index (κ2) is 4.67. The summed E-state index contributed by atoms with van der Waals surface area (Å²) in [6, 6.07) is 5.44. The monoisotopic (exact) mass is 251 g/mol. The highest BCUT2D eigenvalue weighted by molar-refractivity contribution is 7.10. The number of aryl methyl sites for hydroxylation is 2. The second-order valence-electron chi connectivity index (χ2n) is 3.92. The van der Waals surface area contributed by atoms with Crippen LogP contribution in [-0.4, -0.2) is 21.2 Å². The quantitative estimate of drug-likeness (QED) is 0.619. The highest BCUT2D eigenvalue weighted by atomic mass is 32.1. The van der Waals surface area contributed by atoms with Crippen molar-refractivity contribution in [2.24, 2.45) is 0 Å². The van der Waals surface area contributed by atoms with E-state index in [1.54, 1.807) is 4.68 Å². The van der Waals surface area contributed by atoms with Crippen molar-refractivity contribution in [2.45, 2.75) is 19.9 Å². The lowest BCUT2D eigenvalue weighted by molar-refractivity contribution is -0.484. The van der Waals surface area contributed by atoms with Crippen molar-refractivity contribution >= 4 is 11.3 Å². The third kappa shape index (κ3) is 2.52. The first kappa shape index (κ1) is 11.8. The number of nitro groups is 1. The maximum absolute atomic E-state index is 10.8. The minimum absolute atomic E-state index is 0.136. The van der Waals surface area contributed by atoms with E-state index in [1.807, 2.05) is 37.4 Å². The van der Waals surface area contributed by atoms with E-state index in [2.05, 4.69) is 5.10 Å². The number of nitrogens with zero attached hydrogens (tertiary/aromatic N) is 3. The third-order valence-electron chi connectivity index (χ3n) is 2.53. The molecule has 1 atom stereocenters. The highest BCUT2D eigenvalue weighted by Crippen LogP contribution is 2.24. The van der Waals surface area contributed by atoms with Crippen molar-refractivity contribution < 1.29 is 4.92 Å². The Hall–Kier alpha value is -1.69. The summed E-state index contributed by atoms with van der Waals surface area (Å²) in [5.41, 5.74) is 1.83. The molecule has 2 rings (SSSR count). The van der Waals surface area contributed by atoms with Crippen LogP contribution in [0, 0.1) is 24.0 Å². The van der Waals surface area contributed by atoms with Crippen LogP contribution < -0.4 is 0 Å². The van der Waals surface area contributed by atoms with E-state index in [-0.39, 0.29) is 17.5 Å². The van der Waals surface area contributed by atoms with Crippen molar-refractivity contribution in [1.82, 2.24) is 9.78 Å². The average Bonchev–Trinajstić information content (AvgIpc) is 2.84. The molecule has 1 unspecified atom stereocenters. The molecule has 0 saturated heterocycles. The Morgan fingerprint density at radius 1 is 1.59 bits per heavy atom. The van der Waals surface area contributed by atoms with Crippen LogP contribution in [0.4, 0.5) is 0 Å². The molecule has 0 aromatic carbocycles. The molecule has 17 heavy (non-hydrogen) atoms. The predicted molar refractivity (Wildman–Crippen MR) is 66.0 cm³/mol. The number of rotatable bonds is 4. The van der Waals surface area contributed by atoms with Gasteiger partial charge in [0.25, 0.3) is 0 Å². The Bertz CT molecular complexity index is 519. The Morgan fingerprint density at radius 3 is 2.82 bits per heavy atom. The normalized spacial score (nSPS) is 12.6. The van der Waals surface area contributed by atoms with Crippen molar-refractivity contribution in [3.8, 4) is 0 Å².